The number of fused-ring (bicyclic) bond motifs is 2. The van der Waals surface area contributed by atoms with Crippen LogP contribution in [0, 0.1) is 11.3 Å². The minimum absolute atomic E-state index is 0.584. The van der Waals surface area contributed by atoms with Crippen molar-refractivity contribution in [1.82, 2.24) is 15.0 Å². The number of nitrogens with zero attached hydrogens (tertiary/aromatic N) is 4. The Morgan fingerprint density at radius 2 is 0.767 bits per heavy atom. The highest BCUT2D eigenvalue weighted by molar-refractivity contribution is 6.37. The second-order valence-electron chi connectivity index (χ2n) is 15.4. The summed E-state index contributed by atoms with van der Waals surface area (Å²) in [6.45, 7) is 0. The lowest BCUT2D eigenvalue weighted by molar-refractivity contribution is 1.07. The monoisotopic (exact) mass is 760 g/mol. The summed E-state index contributed by atoms with van der Waals surface area (Å²) in [6.07, 6.45) is 0. The molecule has 0 N–H and O–H groups in total. The molecule has 276 valence electrons. The molecule has 0 bridgehead atoms. The van der Waals surface area contributed by atoms with E-state index in [2.05, 4.69) is 127 Å². The average Bonchev–Trinajstić information content (AvgIpc) is 3.32. The summed E-state index contributed by atoms with van der Waals surface area (Å²) in [4.78, 5) is 15.2. The number of aromatic nitrogens is 3. The van der Waals surface area contributed by atoms with Gasteiger partial charge in [0.1, 0.15) is 0 Å². The van der Waals surface area contributed by atoms with Gasteiger partial charge in [-0.1, -0.05) is 170 Å². The molecule has 0 saturated carbocycles. The van der Waals surface area contributed by atoms with E-state index in [1.54, 1.807) is 0 Å². The van der Waals surface area contributed by atoms with E-state index < -0.39 is 0 Å². The zero-order valence-electron chi connectivity index (χ0n) is 32.3. The second kappa shape index (κ2) is 13.4. The Bertz CT molecular complexity index is 3690. The molecule has 12 aromatic rings. The van der Waals surface area contributed by atoms with Crippen molar-refractivity contribution >= 4 is 64.6 Å². The van der Waals surface area contributed by atoms with Crippen molar-refractivity contribution in [2.24, 2.45) is 0 Å². The quantitative estimate of drug-likeness (QED) is 0.164. The van der Waals surface area contributed by atoms with Crippen molar-refractivity contribution in [3.05, 3.63) is 200 Å². The van der Waals surface area contributed by atoms with Gasteiger partial charge in [-0.3, -0.25) is 0 Å². The highest BCUT2D eigenvalue weighted by Gasteiger charge is 2.18. The molecule has 0 amide bonds. The first-order valence-electron chi connectivity index (χ1n) is 20.2. The van der Waals surface area contributed by atoms with Crippen LogP contribution in [0.25, 0.3) is 121 Å². The van der Waals surface area contributed by atoms with Crippen LogP contribution in [0.2, 0.25) is 0 Å². The minimum atomic E-state index is 0.584. The van der Waals surface area contributed by atoms with Gasteiger partial charge in [0.15, 0.2) is 17.5 Å². The van der Waals surface area contributed by atoms with Gasteiger partial charge in [0.25, 0.3) is 0 Å². The second-order valence-corrected chi connectivity index (χ2v) is 15.4. The first kappa shape index (κ1) is 33.8. The molecular formula is C56H32N4. The molecule has 1 heterocycles. The molecule has 0 spiro atoms. The number of hydrogen-bond donors (Lipinski definition) is 0. The predicted octanol–water partition coefficient (Wildman–Crippen LogP) is 14.4. The molecule has 0 aliphatic carbocycles. The fraction of sp³-hybridized carbons (Fsp3) is 0. The number of hydrogen-bond acceptors (Lipinski definition) is 4. The third kappa shape index (κ3) is 5.34. The molecule has 0 atom stereocenters. The zero-order valence-corrected chi connectivity index (χ0v) is 32.3. The molecule has 0 aliphatic heterocycles. The predicted molar refractivity (Wildman–Crippen MR) is 248 cm³/mol. The van der Waals surface area contributed by atoms with E-state index >= 15 is 0 Å². The summed E-state index contributed by atoms with van der Waals surface area (Å²) in [7, 11) is 0. The van der Waals surface area contributed by atoms with Crippen molar-refractivity contribution in [3.8, 4) is 62.5 Å². The summed E-state index contributed by atoms with van der Waals surface area (Å²) < 4.78 is 0. The smallest absolute Gasteiger partial charge is 0.164 e. The van der Waals surface area contributed by atoms with Crippen LogP contribution < -0.4 is 0 Å². The van der Waals surface area contributed by atoms with Crippen LogP contribution in [0.5, 0.6) is 0 Å². The van der Waals surface area contributed by atoms with E-state index in [-0.39, 0.29) is 0 Å². The van der Waals surface area contributed by atoms with E-state index in [0.29, 0.717) is 23.0 Å². The average molecular weight is 761 g/mol. The summed E-state index contributed by atoms with van der Waals surface area (Å²) in [5.41, 5.74) is 7.55. The van der Waals surface area contributed by atoms with Gasteiger partial charge in [-0.15, -0.1) is 0 Å². The van der Waals surface area contributed by atoms with E-state index in [1.165, 1.54) is 64.6 Å². The molecule has 0 fully saturated rings. The molecular weight excluding hydrogens is 729 g/mol. The molecule has 0 unspecified atom stereocenters. The normalized spacial score (nSPS) is 11.7. The van der Waals surface area contributed by atoms with E-state index in [9.17, 15) is 5.26 Å². The van der Waals surface area contributed by atoms with Crippen LogP contribution in [0.3, 0.4) is 0 Å². The Balaban J connectivity index is 1.04. The first-order chi connectivity index (χ1) is 29.7. The van der Waals surface area contributed by atoms with Gasteiger partial charge in [0, 0.05) is 16.7 Å². The van der Waals surface area contributed by atoms with Gasteiger partial charge < -0.3 is 0 Å². The zero-order chi connectivity index (χ0) is 39.7. The highest BCUT2D eigenvalue weighted by atomic mass is 15.0. The Kier molecular flexibility index (Phi) is 7.57. The van der Waals surface area contributed by atoms with Crippen molar-refractivity contribution in [3.63, 3.8) is 0 Å². The Labute approximate surface area is 345 Å². The highest BCUT2D eigenvalue weighted by Crippen LogP contribution is 2.44. The Morgan fingerprint density at radius 3 is 1.37 bits per heavy atom. The summed E-state index contributed by atoms with van der Waals surface area (Å²) >= 11 is 0. The van der Waals surface area contributed by atoms with Crippen molar-refractivity contribution in [2.45, 2.75) is 0 Å². The Hall–Kier alpha value is -8.26. The summed E-state index contributed by atoms with van der Waals surface area (Å²) in [5, 5.41) is 24.6. The van der Waals surface area contributed by atoms with E-state index in [1.807, 2.05) is 72.8 Å². The molecule has 60 heavy (non-hydrogen) atoms. The van der Waals surface area contributed by atoms with Crippen LogP contribution in [-0.2, 0) is 0 Å². The van der Waals surface area contributed by atoms with Gasteiger partial charge in [-0.25, -0.2) is 15.0 Å². The molecule has 11 aromatic carbocycles. The van der Waals surface area contributed by atoms with Crippen molar-refractivity contribution in [2.75, 3.05) is 0 Å². The lowest BCUT2D eigenvalue weighted by Crippen LogP contribution is -2.01. The maximum absolute atomic E-state index is 9.42. The lowest BCUT2D eigenvalue weighted by atomic mass is 9.86. The fourth-order valence-electron chi connectivity index (χ4n) is 9.26. The largest absolute Gasteiger partial charge is 0.208 e. The Morgan fingerprint density at radius 1 is 0.300 bits per heavy atom. The SMILES string of the molecule is N#Cc1ccc(-c2ccccc2-c2nc(-c3ccccc3)nc(-c3ccc(-c4cc5ccc6cccc7c8cccc9ccc%10cccc(c(c4)c5c67)c%10c98)cc3)n2)cc1. The third-order valence-corrected chi connectivity index (χ3v) is 12.1. The maximum atomic E-state index is 9.42. The van der Waals surface area contributed by atoms with Crippen LogP contribution in [-0.4, -0.2) is 15.0 Å². The molecule has 4 heteroatoms. The fourth-order valence-corrected chi connectivity index (χ4v) is 9.26. The van der Waals surface area contributed by atoms with Gasteiger partial charge in [-0.05, 0) is 111 Å². The minimum Gasteiger partial charge on any atom is -0.208 e. The van der Waals surface area contributed by atoms with Crippen LogP contribution >= 0.6 is 0 Å². The van der Waals surface area contributed by atoms with E-state index in [4.69, 9.17) is 15.0 Å². The summed E-state index contributed by atoms with van der Waals surface area (Å²) in [5.74, 6) is 1.78. The molecule has 12 rings (SSSR count). The van der Waals surface area contributed by atoms with Gasteiger partial charge in [0.05, 0.1) is 11.6 Å². The summed E-state index contributed by atoms with van der Waals surface area (Å²) in [6, 6.07) is 70.7. The van der Waals surface area contributed by atoms with Crippen LogP contribution in [0.1, 0.15) is 5.56 Å². The van der Waals surface area contributed by atoms with Crippen molar-refractivity contribution < 1.29 is 0 Å². The molecule has 0 aliphatic rings. The molecule has 1 aromatic heterocycles. The van der Waals surface area contributed by atoms with Crippen LogP contribution in [0.15, 0.2) is 194 Å². The third-order valence-electron chi connectivity index (χ3n) is 12.1. The molecule has 0 radical (unpaired) electrons. The standard InChI is InChI=1S/C56H32N4/c57-33-34-19-21-36(22-20-34)44-14-4-5-15-48(44)56-59-54(40-9-2-1-3-10-40)58-55(60-56)41-28-23-35(24-29-41)43-31-42-30-27-39-12-7-17-46-45-16-6-11-37-25-26-38-13-8-18-47(52(38)50(37)45)49(32-43)53(42)51(39)46/h1-32H. The van der Waals surface area contributed by atoms with Crippen molar-refractivity contribution in [1.29, 1.82) is 5.26 Å². The number of benzene rings is 10. The van der Waals surface area contributed by atoms with Gasteiger partial charge >= 0.3 is 0 Å². The maximum Gasteiger partial charge on any atom is 0.164 e. The number of rotatable bonds is 5. The topological polar surface area (TPSA) is 62.5 Å². The van der Waals surface area contributed by atoms with Crippen LogP contribution in [0.4, 0.5) is 0 Å². The van der Waals surface area contributed by atoms with E-state index in [0.717, 1.165) is 38.9 Å². The molecule has 4 nitrogen and oxygen atoms in total. The van der Waals surface area contributed by atoms with Gasteiger partial charge in [-0.2, -0.15) is 5.26 Å². The first-order valence-corrected chi connectivity index (χ1v) is 20.2. The van der Waals surface area contributed by atoms with Gasteiger partial charge in [0.2, 0.25) is 0 Å². The number of nitriles is 1. The lowest BCUT2D eigenvalue weighted by Gasteiger charge is -2.17. The molecule has 0 saturated heterocycles.